The molecule has 4 heteroatoms. The van der Waals surface area contributed by atoms with Gasteiger partial charge in [-0.2, -0.15) is 0 Å². The van der Waals surface area contributed by atoms with Crippen LogP contribution >= 0.6 is 0 Å². The van der Waals surface area contributed by atoms with Crippen LogP contribution in [0.5, 0.6) is 0 Å². The summed E-state index contributed by atoms with van der Waals surface area (Å²) in [6.07, 6.45) is 0.273. The van der Waals surface area contributed by atoms with Gasteiger partial charge in [0.15, 0.2) is 0 Å². The highest BCUT2D eigenvalue weighted by molar-refractivity contribution is 5.67. The Morgan fingerprint density at radius 2 is 2.07 bits per heavy atom. The van der Waals surface area contributed by atoms with Crippen LogP contribution in [-0.4, -0.2) is 24.3 Å². The summed E-state index contributed by atoms with van der Waals surface area (Å²) in [6, 6.07) is -0.102. The third-order valence-corrected chi connectivity index (χ3v) is 1.52. The molecule has 3 N–H and O–H groups in total. The van der Waals surface area contributed by atoms with E-state index in [-0.39, 0.29) is 6.04 Å². The van der Waals surface area contributed by atoms with Crippen molar-refractivity contribution in [2.24, 2.45) is 5.73 Å². The fourth-order valence-electron chi connectivity index (χ4n) is 1.05. The van der Waals surface area contributed by atoms with E-state index in [0.717, 1.165) is 5.57 Å². The van der Waals surface area contributed by atoms with Gasteiger partial charge in [-0.15, -0.1) is 6.58 Å². The highest BCUT2D eigenvalue weighted by Crippen LogP contribution is 2.06. The number of alkyl carbamates (subject to hydrolysis) is 1. The second-order valence-corrected chi connectivity index (χ2v) is 4.80. The molecule has 0 bridgehead atoms. The number of amides is 1. The van der Waals surface area contributed by atoms with E-state index in [9.17, 15) is 4.79 Å². The normalized spacial score (nSPS) is 13.1. The standard InChI is InChI=1S/C11H22N2O2/c1-8(2)6-9(12)7-13-10(14)15-11(3,4)5/h9H,1,6-7,12H2,2-5H3,(H,13,14). The van der Waals surface area contributed by atoms with Gasteiger partial charge in [-0.3, -0.25) is 0 Å². The van der Waals surface area contributed by atoms with Crippen LogP contribution in [0.1, 0.15) is 34.1 Å². The summed E-state index contributed by atoms with van der Waals surface area (Å²) in [5.74, 6) is 0. The minimum Gasteiger partial charge on any atom is -0.444 e. The molecule has 0 aliphatic rings. The topological polar surface area (TPSA) is 64.3 Å². The quantitative estimate of drug-likeness (QED) is 0.701. The van der Waals surface area contributed by atoms with Crippen molar-refractivity contribution in [2.45, 2.75) is 45.8 Å². The molecule has 0 fully saturated rings. The molecule has 0 aromatic rings. The molecule has 0 aliphatic heterocycles. The van der Waals surface area contributed by atoms with Gasteiger partial charge in [-0.1, -0.05) is 5.57 Å². The Morgan fingerprint density at radius 3 is 2.47 bits per heavy atom. The summed E-state index contributed by atoms with van der Waals surface area (Å²) in [5, 5.41) is 2.62. The van der Waals surface area contributed by atoms with E-state index in [1.54, 1.807) is 0 Å². The van der Waals surface area contributed by atoms with E-state index >= 15 is 0 Å². The Labute approximate surface area is 91.9 Å². The maximum atomic E-state index is 11.2. The molecular weight excluding hydrogens is 192 g/mol. The third kappa shape index (κ3) is 9.28. The molecule has 0 spiro atoms. The zero-order chi connectivity index (χ0) is 12.1. The number of nitrogens with one attached hydrogen (secondary N) is 1. The molecule has 0 aliphatic carbocycles. The van der Waals surface area contributed by atoms with Gasteiger partial charge in [0.2, 0.25) is 0 Å². The lowest BCUT2D eigenvalue weighted by Crippen LogP contribution is -2.40. The second-order valence-electron chi connectivity index (χ2n) is 4.80. The lowest BCUT2D eigenvalue weighted by atomic mass is 10.1. The molecule has 1 unspecified atom stereocenters. The molecule has 0 aromatic carbocycles. The van der Waals surface area contributed by atoms with Crippen LogP contribution in [0, 0.1) is 0 Å². The van der Waals surface area contributed by atoms with Crippen molar-refractivity contribution in [1.29, 1.82) is 0 Å². The predicted molar refractivity (Wildman–Crippen MR) is 61.6 cm³/mol. The van der Waals surface area contributed by atoms with E-state index in [1.807, 2.05) is 27.7 Å². The van der Waals surface area contributed by atoms with Gasteiger partial charge in [0.1, 0.15) is 5.60 Å². The van der Waals surface area contributed by atoms with Crippen molar-refractivity contribution < 1.29 is 9.53 Å². The highest BCUT2D eigenvalue weighted by Gasteiger charge is 2.16. The summed E-state index contributed by atoms with van der Waals surface area (Å²) >= 11 is 0. The fourth-order valence-corrected chi connectivity index (χ4v) is 1.05. The first-order valence-corrected chi connectivity index (χ1v) is 5.07. The van der Waals surface area contributed by atoms with Crippen LogP contribution in [0.3, 0.4) is 0 Å². The maximum Gasteiger partial charge on any atom is 0.407 e. The average molecular weight is 214 g/mol. The van der Waals surface area contributed by atoms with E-state index in [2.05, 4.69) is 11.9 Å². The van der Waals surface area contributed by atoms with E-state index in [4.69, 9.17) is 10.5 Å². The van der Waals surface area contributed by atoms with Crippen LogP contribution in [0.2, 0.25) is 0 Å². The summed E-state index contributed by atoms with van der Waals surface area (Å²) in [7, 11) is 0. The molecule has 0 aromatic heterocycles. The van der Waals surface area contributed by atoms with Crippen molar-refractivity contribution in [2.75, 3.05) is 6.54 Å². The smallest absolute Gasteiger partial charge is 0.407 e. The second kappa shape index (κ2) is 5.75. The SMILES string of the molecule is C=C(C)CC(N)CNC(=O)OC(C)(C)C. The lowest BCUT2D eigenvalue weighted by Gasteiger charge is -2.20. The van der Waals surface area contributed by atoms with Crippen LogP contribution in [0.15, 0.2) is 12.2 Å². The molecule has 0 heterocycles. The first kappa shape index (κ1) is 14.0. The molecule has 1 amide bonds. The van der Waals surface area contributed by atoms with E-state index in [1.165, 1.54) is 0 Å². The monoisotopic (exact) mass is 214 g/mol. The number of carbonyl (C=O) groups is 1. The average Bonchev–Trinajstić information content (AvgIpc) is 1.96. The lowest BCUT2D eigenvalue weighted by molar-refractivity contribution is 0.0524. The molecule has 4 nitrogen and oxygen atoms in total. The van der Waals surface area contributed by atoms with Gasteiger partial charge in [-0.05, 0) is 34.1 Å². The van der Waals surface area contributed by atoms with Crippen LogP contribution in [0.25, 0.3) is 0 Å². The van der Waals surface area contributed by atoms with Crippen molar-refractivity contribution in [3.8, 4) is 0 Å². The van der Waals surface area contributed by atoms with Crippen LogP contribution in [-0.2, 0) is 4.74 Å². The minimum atomic E-state index is -0.470. The molecule has 0 rings (SSSR count). The van der Waals surface area contributed by atoms with Gasteiger partial charge in [0.25, 0.3) is 0 Å². The number of hydrogen-bond donors (Lipinski definition) is 2. The van der Waals surface area contributed by atoms with Gasteiger partial charge in [0.05, 0.1) is 0 Å². The Bertz CT molecular complexity index is 231. The van der Waals surface area contributed by atoms with Crippen molar-refractivity contribution in [1.82, 2.24) is 5.32 Å². The van der Waals surface area contributed by atoms with Crippen molar-refractivity contribution in [3.63, 3.8) is 0 Å². The van der Waals surface area contributed by atoms with Crippen molar-refractivity contribution in [3.05, 3.63) is 12.2 Å². The zero-order valence-electron chi connectivity index (χ0n) is 10.1. The molecular formula is C11H22N2O2. The van der Waals surface area contributed by atoms with Crippen molar-refractivity contribution >= 4 is 6.09 Å². The van der Waals surface area contributed by atoms with Gasteiger partial charge < -0.3 is 15.8 Å². The van der Waals surface area contributed by atoms with E-state index in [0.29, 0.717) is 13.0 Å². The van der Waals surface area contributed by atoms with Gasteiger partial charge in [0, 0.05) is 12.6 Å². The summed E-state index contributed by atoms with van der Waals surface area (Å²) < 4.78 is 5.07. The summed E-state index contributed by atoms with van der Waals surface area (Å²) in [6.45, 7) is 11.5. The Hall–Kier alpha value is -1.03. The summed E-state index contributed by atoms with van der Waals surface area (Å²) in [5.41, 5.74) is 6.29. The number of ether oxygens (including phenoxy) is 1. The Morgan fingerprint density at radius 1 is 1.53 bits per heavy atom. The van der Waals surface area contributed by atoms with Gasteiger partial charge >= 0.3 is 6.09 Å². The number of rotatable bonds is 4. The predicted octanol–water partition coefficient (Wildman–Crippen LogP) is 1.80. The number of carbonyl (C=O) groups excluding carboxylic acids is 1. The molecule has 1 atom stereocenters. The Kier molecular flexibility index (Phi) is 5.36. The van der Waals surface area contributed by atoms with Gasteiger partial charge in [-0.25, -0.2) is 4.79 Å². The minimum absolute atomic E-state index is 0.102. The first-order valence-electron chi connectivity index (χ1n) is 5.07. The molecule has 15 heavy (non-hydrogen) atoms. The molecule has 0 saturated carbocycles. The third-order valence-electron chi connectivity index (χ3n) is 1.52. The Balaban J connectivity index is 3.76. The molecule has 0 radical (unpaired) electrons. The molecule has 0 saturated heterocycles. The van der Waals surface area contributed by atoms with E-state index < -0.39 is 11.7 Å². The van der Waals surface area contributed by atoms with Crippen LogP contribution in [0.4, 0.5) is 4.79 Å². The zero-order valence-corrected chi connectivity index (χ0v) is 10.1. The number of nitrogens with two attached hydrogens (primary N) is 1. The largest absolute Gasteiger partial charge is 0.444 e. The fraction of sp³-hybridized carbons (Fsp3) is 0.727. The molecule has 88 valence electrons. The highest BCUT2D eigenvalue weighted by atomic mass is 16.6. The first-order chi connectivity index (χ1) is 6.70. The summed E-state index contributed by atoms with van der Waals surface area (Å²) in [4.78, 5) is 11.2. The maximum absolute atomic E-state index is 11.2. The number of hydrogen-bond acceptors (Lipinski definition) is 3. The van der Waals surface area contributed by atoms with Crippen LogP contribution < -0.4 is 11.1 Å².